The number of aryl methyl sites for hydroxylation is 4. The summed E-state index contributed by atoms with van der Waals surface area (Å²) in [4.78, 5) is 12.8. The van der Waals surface area contributed by atoms with Crippen LogP contribution in [-0.4, -0.2) is 22.7 Å². The third-order valence-corrected chi connectivity index (χ3v) is 3.32. The number of hydrogen-bond acceptors (Lipinski definition) is 3. The highest BCUT2D eigenvalue weighted by molar-refractivity contribution is 6.10. The third kappa shape index (κ3) is 2.46. The van der Waals surface area contributed by atoms with E-state index in [0.29, 0.717) is 23.6 Å². The average molecular weight is 272 g/mol. The number of methoxy groups -OCH3 is 1. The summed E-state index contributed by atoms with van der Waals surface area (Å²) in [5.74, 6) is 0.579. The summed E-state index contributed by atoms with van der Waals surface area (Å²) in [5.41, 5.74) is 4.08. The molecule has 1 heterocycles. The van der Waals surface area contributed by atoms with Gasteiger partial charge in [-0.05, 0) is 51.0 Å². The first-order chi connectivity index (χ1) is 9.47. The highest BCUT2D eigenvalue weighted by Gasteiger charge is 2.21. The minimum absolute atomic E-state index is 0.0400. The molecule has 1 aromatic heterocycles. The number of aromatic nitrogens is 2. The summed E-state index contributed by atoms with van der Waals surface area (Å²) in [6.07, 6.45) is 0. The van der Waals surface area contributed by atoms with Crippen molar-refractivity contribution in [3.63, 3.8) is 0 Å². The molecule has 0 fully saturated rings. The molecule has 0 unspecified atom stereocenters. The number of rotatable bonds is 4. The second-order valence-corrected chi connectivity index (χ2v) is 4.97. The Labute approximate surface area is 119 Å². The largest absolute Gasteiger partial charge is 0.496 e. The number of ether oxygens (including phenoxy) is 1. The zero-order chi connectivity index (χ0) is 14.9. The fourth-order valence-electron chi connectivity index (χ4n) is 2.48. The van der Waals surface area contributed by atoms with E-state index < -0.39 is 0 Å². The second kappa shape index (κ2) is 5.49. The SMILES string of the molecule is CCn1nc(C)cc1C(=O)c1c(C)cc(C)cc1OC. The number of carbonyl (C=O) groups is 1. The van der Waals surface area contributed by atoms with Crippen molar-refractivity contribution in [2.75, 3.05) is 7.11 Å². The quantitative estimate of drug-likeness (QED) is 0.803. The predicted molar refractivity (Wildman–Crippen MR) is 78.5 cm³/mol. The molecule has 2 rings (SSSR count). The van der Waals surface area contributed by atoms with Gasteiger partial charge in [0.1, 0.15) is 11.4 Å². The van der Waals surface area contributed by atoms with Gasteiger partial charge >= 0.3 is 0 Å². The maximum Gasteiger partial charge on any atom is 0.215 e. The first-order valence-electron chi connectivity index (χ1n) is 6.72. The molecular formula is C16H20N2O2. The summed E-state index contributed by atoms with van der Waals surface area (Å²) in [6, 6.07) is 5.71. The highest BCUT2D eigenvalue weighted by Crippen LogP contribution is 2.27. The molecular weight excluding hydrogens is 252 g/mol. The molecule has 0 N–H and O–H groups in total. The molecule has 0 bridgehead atoms. The standard InChI is InChI=1S/C16H20N2O2/c1-6-18-13(9-12(4)17-18)16(19)15-11(3)7-10(2)8-14(15)20-5/h7-9H,6H2,1-5H3. The van der Waals surface area contributed by atoms with E-state index >= 15 is 0 Å². The summed E-state index contributed by atoms with van der Waals surface area (Å²) >= 11 is 0. The van der Waals surface area contributed by atoms with Gasteiger partial charge in [0.25, 0.3) is 0 Å². The number of ketones is 1. The van der Waals surface area contributed by atoms with Crippen molar-refractivity contribution in [2.45, 2.75) is 34.2 Å². The Hall–Kier alpha value is -2.10. The Bertz CT molecular complexity index is 657. The van der Waals surface area contributed by atoms with Crippen molar-refractivity contribution < 1.29 is 9.53 Å². The van der Waals surface area contributed by atoms with E-state index in [1.807, 2.05) is 45.9 Å². The summed E-state index contributed by atoms with van der Waals surface area (Å²) in [6.45, 7) is 8.46. The van der Waals surface area contributed by atoms with Crippen molar-refractivity contribution in [1.82, 2.24) is 9.78 Å². The Morgan fingerprint density at radius 1 is 1.25 bits per heavy atom. The van der Waals surface area contributed by atoms with Gasteiger partial charge in [-0.15, -0.1) is 0 Å². The van der Waals surface area contributed by atoms with Crippen LogP contribution < -0.4 is 4.74 Å². The molecule has 0 saturated carbocycles. The lowest BCUT2D eigenvalue weighted by Crippen LogP contribution is -2.13. The number of hydrogen-bond donors (Lipinski definition) is 0. The van der Waals surface area contributed by atoms with Crippen molar-refractivity contribution >= 4 is 5.78 Å². The van der Waals surface area contributed by atoms with Crippen LogP contribution in [0, 0.1) is 20.8 Å². The molecule has 1 aromatic carbocycles. The van der Waals surface area contributed by atoms with E-state index in [0.717, 1.165) is 16.8 Å². The van der Waals surface area contributed by atoms with E-state index in [2.05, 4.69) is 5.10 Å². The highest BCUT2D eigenvalue weighted by atomic mass is 16.5. The molecule has 20 heavy (non-hydrogen) atoms. The first-order valence-corrected chi connectivity index (χ1v) is 6.72. The topological polar surface area (TPSA) is 44.1 Å². The van der Waals surface area contributed by atoms with E-state index in [1.54, 1.807) is 11.8 Å². The molecule has 0 aliphatic carbocycles. The van der Waals surface area contributed by atoms with Crippen molar-refractivity contribution in [1.29, 1.82) is 0 Å². The van der Waals surface area contributed by atoms with Crippen LogP contribution in [0.4, 0.5) is 0 Å². The van der Waals surface area contributed by atoms with Crippen LogP contribution in [0.25, 0.3) is 0 Å². The molecule has 0 atom stereocenters. The van der Waals surface area contributed by atoms with Crippen LogP contribution in [0.5, 0.6) is 5.75 Å². The van der Waals surface area contributed by atoms with Crippen LogP contribution in [0.2, 0.25) is 0 Å². The van der Waals surface area contributed by atoms with Crippen molar-refractivity contribution in [3.8, 4) is 5.75 Å². The predicted octanol–water partition coefficient (Wildman–Crippen LogP) is 3.07. The van der Waals surface area contributed by atoms with Crippen LogP contribution in [0.3, 0.4) is 0 Å². The third-order valence-electron chi connectivity index (χ3n) is 3.32. The first kappa shape index (κ1) is 14.3. The van der Waals surface area contributed by atoms with E-state index in [-0.39, 0.29) is 5.78 Å². The average Bonchev–Trinajstić information content (AvgIpc) is 2.78. The van der Waals surface area contributed by atoms with Gasteiger partial charge in [-0.1, -0.05) is 6.07 Å². The second-order valence-electron chi connectivity index (χ2n) is 4.97. The normalized spacial score (nSPS) is 10.7. The lowest BCUT2D eigenvalue weighted by molar-refractivity contribution is 0.102. The Kier molecular flexibility index (Phi) is 3.93. The van der Waals surface area contributed by atoms with E-state index in [4.69, 9.17) is 4.74 Å². The van der Waals surface area contributed by atoms with Gasteiger partial charge in [0, 0.05) is 6.54 Å². The molecule has 0 spiro atoms. The summed E-state index contributed by atoms with van der Waals surface area (Å²) in [5, 5.41) is 4.33. The van der Waals surface area contributed by atoms with E-state index in [9.17, 15) is 4.79 Å². The maximum atomic E-state index is 12.8. The van der Waals surface area contributed by atoms with E-state index in [1.165, 1.54) is 0 Å². The van der Waals surface area contributed by atoms with Gasteiger partial charge in [0.05, 0.1) is 18.4 Å². The van der Waals surface area contributed by atoms with Gasteiger partial charge in [-0.25, -0.2) is 0 Å². The summed E-state index contributed by atoms with van der Waals surface area (Å²) in [7, 11) is 1.59. The Balaban J connectivity index is 2.58. The maximum absolute atomic E-state index is 12.8. The number of carbonyl (C=O) groups excluding carboxylic acids is 1. The Morgan fingerprint density at radius 3 is 2.55 bits per heavy atom. The van der Waals surface area contributed by atoms with Crippen LogP contribution in [0.1, 0.15) is 39.8 Å². The molecule has 0 aliphatic rings. The lowest BCUT2D eigenvalue weighted by atomic mass is 9.99. The molecule has 2 aromatic rings. The van der Waals surface area contributed by atoms with Gasteiger partial charge in [-0.3, -0.25) is 9.48 Å². The zero-order valence-electron chi connectivity index (χ0n) is 12.7. The van der Waals surface area contributed by atoms with Gasteiger partial charge in [-0.2, -0.15) is 5.10 Å². The lowest BCUT2D eigenvalue weighted by Gasteiger charge is -2.12. The number of benzene rings is 1. The monoisotopic (exact) mass is 272 g/mol. The molecule has 106 valence electrons. The Morgan fingerprint density at radius 2 is 1.95 bits per heavy atom. The molecule has 0 aliphatic heterocycles. The van der Waals surface area contributed by atoms with Gasteiger partial charge in [0.15, 0.2) is 0 Å². The van der Waals surface area contributed by atoms with Crippen LogP contribution in [-0.2, 0) is 6.54 Å². The fraction of sp³-hybridized carbons (Fsp3) is 0.375. The smallest absolute Gasteiger partial charge is 0.215 e. The van der Waals surface area contributed by atoms with Crippen molar-refractivity contribution in [3.05, 3.63) is 46.3 Å². The molecule has 0 amide bonds. The molecule has 4 heteroatoms. The molecule has 0 saturated heterocycles. The summed E-state index contributed by atoms with van der Waals surface area (Å²) < 4.78 is 7.11. The molecule has 4 nitrogen and oxygen atoms in total. The van der Waals surface area contributed by atoms with Gasteiger partial charge < -0.3 is 4.74 Å². The van der Waals surface area contributed by atoms with Crippen molar-refractivity contribution in [2.24, 2.45) is 0 Å². The minimum Gasteiger partial charge on any atom is -0.496 e. The zero-order valence-corrected chi connectivity index (χ0v) is 12.7. The fourth-order valence-corrected chi connectivity index (χ4v) is 2.48. The molecule has 0 radical (unpaired) electrons. The van der Waals surface area contributed by atoms with Crippen LogP contribution >= 0.6 is 0 Å². The minimum atomic E-state index is -0.0400. The number of nitrogens with zero attached hydrogens (tertiary/aromatic N) is 2. The van der Waals surface area contributed by atoms with Gasteiger partial charge in [0.2, 0.25) is 5.78 Å². The van der Waals surface area contributed by atoms with Crippen LogP contribution in [0.15, 0.2) is 18.2 Å².